The first kappa shape index (κ1) is 12.7. The molecule has 4 nitrogen and oxygen atoms in total. The van der Waals surface area contributed by atoms with Gasteiger partial charge >= 0.3 is 0 Å². The molecule has 0 radical (unpaired) electrons. The summed E-state index contributed by atoms with van der Waals surface area (Å²) in [6, 6.07) is 5.14. The maximum atomic E-state index is 11.2. The van der Waals surface area contributed by atoms with Crippen molar-refractivity contribution in [1.29, 1.82) is 0 Å². The summed E-state index contributed by atoms with van der Waals surface area (Å²) < 4.78 is 0. The second-order valence-electron chi connectivity index (χ2n) is 3.44. The van der Waals surface area contributed by atoms with Crippen LogP contribution in [0.2, 0.25) is 0 Å². The number of benzene rings is 1. The van der Waals surface area contributed by atoms with Gasteiger partial charge in [-0.25, -0.2) is 0 Å². The maximum Gasteiger partial charge on any atom is 0.250 e. The fourth-order valence-electron chi connectivity index (χ4n) is 1.36. The summed E-state index contributed by atoms with van der Waals surface area (Å²) in [7, 11) is 0. The number of anilines is 2. The average molecular weight is 239 g/mol. The van der Waals surface area contributed by atoms with E-state index in [2.05, 4.69) is 11.6 Å². The average Bonchev–Trinajstić information content (AvgIpc) is 2.26. The number of amides is 1. The Balaban J connectivity index is 2.67. The molecular weight excluding hydrogens is 222 g/mol. The zero-order valence-corrected chi connectivity index (χ0v) is 10.1. The van der Waals surface area contributed by atoms with Gasteiger partial charge in [0.1, 0.15) is 0 Å². The largest absolute Gasteiger partial charge is 0.399 e. The van der Waals surface area contributed by atoms with E-state index in [1.165, 1.54) is 0 Å². The van der Waals surface area contributed by atoms with Crippen molar-refractivity contribution in [3.63, 3.8) is 0 Å². The molecule has 1 aromatic rings. The molecule has 1 rings (SSSR count). The van der Waals surface area contributed by atoms with Crippen molar-refractivity contribution in [2.24, 2.45) is 5.73 Å². The zero-order chi connectivity index (χ0) is 12.0. The Morgan fingerprint density at radius 1 is 1.50 bits per heavy atom. The van der Waals surface area contributed by atoms with Crippen LogP contribution < -0.4 is 16.8 Å². The van der Waals surface area contributed by atoms with Crippen molar-refractivity contribution in [2.45, 2.75) is 6.42 Å². The quantitative estimate of drug-likeness (QED) is 0.519. The van der Waals surface area contributed by atoms with E-state index in [0.717, 1.165) is 24.4 Å². The molecule has 0 fully saturated rings. The first-order valence-corrected chi connectivity index (χ1v) is 6.46. The molecule has 0 unspecified atom stereocenters. The molecule has 0 aliphatic carbocycles. The van der Waals surface area contributed by atoms with E-state index in [-0.39, 0.29) is 0 Å². The zero-order valence-electron chi connectivity index (χ0n) is 9.32. The minimum absolute atomic E-state index is 0.448. The molecule has 88 valence electrons. The Bertz CT molecular complexity index is 368. The number of nitrogens with one attached hydrogen (secondary N) is 1. The Morgan fingerprint density at radius 2 is 2.25 bits per heavy atom. The van der Waals surface area contributed by atoms with Crippen molar-refractivity contribution in [1.82, 2.24) is 0 Å². The first-order valence-electron chi connectivity index (χ1n) is 5.07. The van der Waals surface area contributed by atoms with Crippen LogP contribution in [0.3, 0.4) is 0 Å². The van der Waals surface area contributed by atoms with Crippen molar-refractivity contribution >= 4 is 29.0 Å². The van der Waals surface area contributed by atoms with Gasteiger partial charge in [0.2, 0.25) is 0 Å². The summed E-state index contributed by atoms with van der Waals surface area (Å²) in [4.78, 5) is 11.2. The third kappa shape index (κ3) is 3.66. The lowest BCUT2D eigenvalue weighted by atomic mass is 10.1. The minimum Gasteiger partial charge on any atom is -0.399 e. The molecule has 5 heteroatoms. The molecule has 1 amide bonds. The van der Waals surface area contributed by atoms with Crippen LogP contribution in [0.25, 0.3) is 0 Å². The fraction of sp³-hybridized carbons (Fsp3) is 0.364. The van der Waals surface area contributed by atoms with E-state index < -0.39 is 5.91 Å². The highest BCUT2D eigenvalue weighted by molar-refractivity contribution is 7.98. The van der Waals surface area contributed by atoms with Crippen molar-refractivity contribution < 1.29 is 4.79 Å². The summed E-state index contributed by atoms with van der Waals surface area (Å²) in [5.74, 6) is 0.633. The van der Waals surface area contributed by atoms with Gasteiger partial charge in [0.25, 0.3) is 5.91 Å². The van der Waals surface area contributed by atoms with Crippen molar-refractivity contribution in [3.05, 3.63) is 23.8 Å². The van der Waals surface area contributed by atoms with Gasteiger partial charge in [-0.2, -0.15) is 11.8 Å². The Hall–Kier alpha value is -1.36. The predicted molar refractivity (Wildman–Crippen MR) is 70.9 cm³/mol. The van der Waals surface area contributed by atoms with Crippen LogP contribution in [0.15, 0.2) is 18.2 Å². The van der Waals surface area contributed by atoms with Gasteiger partial charge in [-0.15, -0.1) is 0 Å². The molecule has 0 aliphatic heterocycles. The SMILES string of the molecule is CSCCCNc1ccc(N)cc1C(N)=O. The highest BCUT2D eigenvalue weighted by atomic mass is 32.2. The molecule has 0 atom stereocenters. The lowest BCUT2D eigenvalue weighted by molar-refractivity contribution is 0.100. The number of primary amides is 1. The summed E-state index contributed by atoms with van der Waals surface area (Å²) in [5.41, 5.74) is 12.6. The number of carbonyl (C=O) groups is 1. The summed E-state index contributed by atoms with van der Waals surface area (Å²) in [6.07, 6.45) is 3.11. The van der Waals surface area contributed by atoms with Crippen molar-refractivity contribution in [2.75, 3.05) is 29.6 Å². The highest BCUT2D eigenvalue weighted by Crippen LogP contribution is 2.18. The molecule has 0 heterocycles. The molecule has 1 aromatic carbocycles. The minimum atomic E-state index is -0.459. The second-order valence-corrected chi connectivity index (χ2v) is 4.43. The van der Waals surface area contributed by atoms with Gasteiger partial charge in [-0.1, -0.05) is 0 Å². The van der Waals surface area contributed by atoms with E-state index in [1.54, 1.807) is 30.0 Å². The topological polar surface area (TPSA) is 81.1 Å². The van der Waals surface area contributed by atoms with E-state index in [1.807, 2.05) is 0 Å². The standard InChI is InChI=1S/C11H17N3OS/c1-16-6-2-5-14-10-4-3-8(12)7-9(10)11(13)15/h3-4,7,14H,2,5-6,12H2,1H3,(H2,13,15). The van der Waals surface area contributed by atoms with Gasteiger partial charge in [-0.3, -0.25) is 4.79 Å². The predicted octanol–water partition coefficient (Wildman–Crippen LogP) is 1.53. The van der Waals surface area contributed by atoms with Crippen LogP contribution in [0.1, 0.15) is 16.8 Å². The van der Waals surface area contributed by atoms with Crippen LogP contribution in [-0.2, 0) is 0 Å². The van der Waals surface area contributed by atoms with Crippen molar-refractivity contribution in [3.8, 4) is 0 Å². The van der Waals surface area contributed by atoms with Crippen LogP contribution in [0, 0.1) is 0 Å². The monoisotopic (exact) mass is 239 g/mol. The van der Waals surface area contributed by atoms with Gasteiger partial charge in [0.15, 0.2) is 0 Å². The van der Waals surface area contributed by atoms with Gasteiger partial charge in [0, 0.05) is 17.9 Å². The smallest absolute Gasteiger partial charge is 0.250 e. The molecule has 0 saturated heterocycles. The third-order valence-electron chi connectivity index (χ3n) is 2.15. The molecule has 0 saturated carbocycles. The summed E-state index contributed by atoms with van der Waals surface area (Å²) in [5, 5.41) is 3.19. The van der Waals surface area contributed by atoms with Crippen LogP contribution in [0.4, 0.5) is 11.4 Å². The summed E-state index contributed by atoms with van der Waals surface area (Å²) in [6.45, 7) is 0.824. The maximum absolute atomic E-state index is 11.2. The Morgan fingerprint density at radius 3 is 2.88 bits per heavy atom. The summed E-state index contributed by atoms with van der Waals surface area (Å²) >= 11 is 1.80. The Labute approximate surface area is 99.8 Å². The number of rotatable bonds is 6. The first-order chi connectivity index (χ1) is 7.65. The van der Waals surface area contributed by atoms with E-state index >= 15 is 0 Å². The Kier molecular flexibility index (Phi) is 4.98. The lowest BCUT2D eigenvalue weighted by Gasteiger charge is -2.10. The van der Waals surface area contributed by atoms with E-state index in [4.69, 9.17) is 11.5 Å². The lowest BCUT2D eigenvalue weighted by Crippen LogP contribution is -2.15. The number of hydrogen-bond donors (Lipinski definition) is 3. The number of hydrogen-bond acceptors (Lipinski definition) is 4. The van der Waals surface area contributed by atoms with E-state index in [9.17, 15) is 4.79 Å². The molecule has 0 bridgehead atoms. The van der Waals surface area contributed by atoms with Crippen LogP contribution >= 0.6 is 11.8 Å². The van der Waals surface area contributed by atoms with Crippen LogP contribution in [0.5, 0.6) is 0 Å². The van der Waals surface area contributed by atoms with E-state index in [0.29, 0.717) is 11.3 Å². The molecular formula is C11H17N3OS. The van der Waals surface area contributed by atoms with Crippen LogP contribution in [-0.4, -0.2) is 24.5 Å². The second kappa shape index (κ2) is 6.27. The van der Waals surface area contributed by atoms with Gasteiger partial charge in [-0.05, 0) is 36.6 Å². The normalized spacial score (nSPS) is 10.1. The molecule has 16 heavy (non-hydrogen) atoms. The van der Waals surface area contributed by atoms with Gasteiger partial charge < -0.3 is 16.8 Å². The number of nitrogens with two attached hydrogens (primary N) is 2. The highest BCUT2D eigenvalue weighted by Gasteiger charge is 2.07. The number of nitrogen functional groups attached to an aromatic ring is 1. The molecule has 0 spiro atoms. The number of carbonyl (C=O) groups excluding carboxylic acids is 1. The fourth-order valence-corrected chi connectivity index (χ4v) is 1.79. The van der Waals surface area contributed by atoms with Gasteiger partial charge in [0.05, 0.1) is 5.56 Å². The third-order valence-corrected chi connectivity index (χ3v) is 2.85. The number of thioether (sulfide) groups is 1. The molecule has 0 aromatic heterocycles. The molecule has 0 aliphatic rings. The molecule has 5 N–H and O–H groups in total.